The number of hydrogen-bond donors (Lipinski definition) is 2. The van der Waals surface area contributed by atoms with Gasteiger partial charge in [-0.15, -0.1) is 0 Å². The molecule has 6 heteroatoms. The summed E-state index contributed by atoms with van der Waals surface area (Å²) in [6, 6.07) is 6.22. The van der Waals surface area contributed by atoms with E-state index in [2.05, 4.69) is 29.4 Å². The molecule has 0 saturated carbocycles. The Morgan fingerprint density at radius 3 is 2.85 bits per heavy atom. The molecule has 2 aromatic rings. The topological polar surface area (TPSA) is 68.8 Å². The molecule has 1 aromatic carbocycles. The summed E-state index contributed by atoms with van der Waals surface area (Å²) in [4.78, 5) is 4.27. The SMILES string of the molecule is CC(C)Cn1ncnc1CC(NN)c1cccc(F)c1. The van der Waals surface area contributed by atoms with Crippen molar-refractivity contribution >= 4 is 0 Å². The van der Waals surface area contributed by atoms with Crippen molar-refractivity contribution in [3.8, 4) is 0 Å². The van der Waals surface area contributed by atoms with Crippen LogP contribution in [-0.4, -0.2) is 14.8 Å². The minimum atomic E-state index is -0.272. The highest BCUT2D eigenvalue weighted by Gasteiger charge is 2.15. The van der Waals surface area contributed by atoms with Crippen LogP contribution in [0.1, 0.15) is 31.3 Å². The summed E-state index contributed by atoms with van der Waals surface area (Å²) in [6.45, 7) is 5.04. The van der Waals surface area contributed by atoms with E-state index in [1.807, 2.05) is 10.7 Å². The van der Waals surface area contributed by atoms with Gasteiger partial charge >= 0.3 is 0 Å². The van der Waals surface area contributed by atoms with Crippen molar-refractivity contribution < 1.29 is 4.39 Å². The van der Waals surface area contributed by atoms with Gasteiger partial charge in [0.15, 0.2) is 0 Å². The Bertz CT molecular complexity index is 552. The normalized spacial score (nSPS) is 12.8. The zero-order valence-corrected chi connectivity index (χ0v) is 11.8. The third-order valence-electron chi connectivity index (χ3n) is 3.07. The van der Waals surface area contributed by atoms with Crippen LogP contribution in [-0.2, 0) is 13.0 Å². The molecule has 0 bridgehead atoms. The van der Waals surface area contributed by atoms with Crippen molar-refractivity contribution in [2.45, 2.75) is 32.9 Å². The zero-order chi connectivity index (χ0) is 14.5. The smallest absolute Gasteiger partial charge is 0.138 e. The quantitative estimate of drug-likeness (QED) is 0.624. The minimum Gasteiger partial charge on any atom is -0.271 e. The van der Waals surface area contributed by atoms with E-state index >= 15 is 0 Å². The molecule has 108 valence electrons. The number of halogens is 1. The van der Waals surface area contributed by atoms with Crippen molar-refractivity contribution in [2.75, 3.05) is 0 Å². The molecule has 1 aromatic heterocycles. The molecule has 5 nitrogen and oxygen atoms in total. The summed E-state index contributed by atoms with van der Waals surface area (Å²) in [5.41, 5.74) is 3.51. The van der Waals surface area contributed by atoms with Crippen LogP contribution in [0.25, 0.3) is 0 Å². The Morgan fingerprint density at radius 2 is 2.20 bits per heavy atom. The van der Waals surface area contributed by atoms with Gasteiger partial charge in [-0.3, -0.25) is 11.3 Å². The highest BCUT2D eigenvalue weighted by molar-refractivity contribution is 5.21. The molecule has 0 fully saturated rings. The van der Waals surface area contributed by atoms with E-state index in [1.165, 1.54) is 18.5 Å². The van der Waals surface area contributed by atoms with Crippen molar-refractivity contribution in [1.82, 2.24) is 20.2 Å². The first kappa shape index (κ1) is 14.6. The molecule has 0 aliphatic heterocycles. The molecule has 0 spiro atoms. The monoisotopic (exact) mass is 277 g/mol. The molecule has 3 N–H and O–H groups in total. The van der Waals surface area contributed by atoms with Crippen LogP contribution in [0.5, 0.6) is 0 Å². The third kappa shape index (κ3) is 3.61. The highest BCUT2D eigenvalue weighted by atomic mass is 19.1. The highest BCUT2D eigenvalue weighted by Crippen LogP contribution is 2.18. The first-order valence-corrected chi connectivity index (χ1v) is 6.68. The van der Waals surface area contributed by atoms with Crippen LogP contribution in [0.2, 0.25) is 0 Å². The molecular weight excluding hydrogens is 257 g/mol. The van der Waals surface area contributed by atoms with Gasteiger partial charge in [0.1, 0.15) is 18.0 Å². The summed E-state index contributed by atoms with van der Waals surface area (Å²) in [5.74, 6) is 6.64. The molecule has 2 rings (SSSR count). The van der Waals surface area contributed by atoms with Gasteiger partial charge in [-0.1, -0.05) is 26.0 Å². The lowest BCUT2D eigenvalue weighted by molar-refractivity contribution is 0.446. The molecule has 1 heterocycles. The Balaban J connectivity index is 2.16. The van der Waals surface area contributed by atoms with Gasteiger partial charge in [0.25, 0.3) is 0 Å². The maximum atomic E-state index is 13.3. The molecule has 0 aliphatic rings. The van der Waals surface area contributed by atoms with Crippen molar-refractivity contribution in [3.05, 3.63) is 47.8 Å². The molecule has 0 aliphatic carbocycles. The maximum absolute atomic E-state index is 13.3. The lowest BCUT2D eigenvalue weighted by Crippen LogP contribution is -2.30. The number of rotatable bonds is 6. The predicted octanol–water partition coefficient (Wildman–Crippen LogP) is 1.82. The second-order valence-electron chi connectivity index (χ2n) is 5.23. The summed E-state index contributed by atoms with van der Waals surface area (Å²) < 4.78 is 15.2. The molecule has 1 atom stereocenters. The van der Waals surface area contributed by atoms with Crippen LogP contribution in [0.15, 0.2) is 30.6 Å². The minimum absolute atomic E-state index is 0.194. The lowest BCUT2D eigenvalue weighted by atomic mass is 10.0. The van der Waals surface area contributed by atoms with Gasteiger partial charge in [-0.25, -0.2) is 14.1 Å². The Kier molecular flexibility index (Phi) is 4.81. The molecule has 20 heavy (non-hydrogen) atoms. The molecule has 1 unspecified atom stereocenters. The average Bonchev–Trinajstić information content (AvgIpc) is 2.82. The number of nitrogens with two attached hydrogens (primary N) is 1. The lowest BCUT2D eigenvalue weighted by Gasteiger charge is -2.17. The number of hydrogen-bond acceptors (Lipinski definition) is 4. The van der Waals surface area contributed by atoms with E-state index in [1.54, 1.807) is 6.07 Å². The summed E-state index contributed by atoms with van der Waals surface area (Å²) >= 11 is 0. The second kappa shape index (κ2) is 6.58. The van der Waals surface area contributed by atoms with Gasteiger partial charge in [0.05, 0.1) is 6.04 Å². The number of nitrogens with zero attached hydrogens (tertiary/aromatic N) is 3. The summed E-state index contributed by atoms with van der Waals surface area (Å²) in [7, 11) is 0. The van der Waals surface area contributed by atoms with Gasteiger partial charge in [0.2, 0.25) is 0 Å². The van der Waals surface area contributed by atoms with Crippen LogP contribution in [0.4, 0.5) is 4.39 Å². The first-order valence-electron chi connectivity index (χ1n) is 6.68. The zero-order valence-electron chi connectivity index (χ0n) is 11.8. The van der Waals surface area contributed by atoms with Crippen molar-refractivity contribution in [2.24, 2.45) is 11.8 Å². The molecule has 0 radical (unpaired) electrons. The first-order chi connectivity index (χ1) is 9.60. The van der Waals surface area contributed by atoms with E-state index < -0.39 is 0 Å². The number of hydrazine groups is 1. The Hall–Kier alpha value is -1.79. The van der Waals surface area contributed by atoms with Crippen LogP contribution >= 0.6 is 0 Å². The van der Waals surface area contributed by atoms with Gasteiger partial charge in [-0.05, 0) is 23.6 Å². The van der Waals surface area contributed by atoms with Crippen LogP contribution in [0.3, 0.4) is 0 Å². The van der Waals surface area contributed by atoms with E-state index in [4.69, 9.17) is 5.84 Å². The maximum Gasteiger partial charge on any atom is 0.138 e. The number of nitrogens with one attached hydrogen (secondary N) is 1. The van der Waals surface area contributed by atoms with Crippen LogP contribution < -0.4 is 11.3 Å². The van der Waals surface area contributed by atoms with E-state index in [9.17, 15) is 4.39 Å². The van der Waals surface area contributed by atoms with E-state index in [0.29, 0.717) is 12.3 Å². The average molecular weight is 277 g/mol. The van der Waals surface area contributed by atoms with Crippen LogP contribution in [0, 0.1) is 11.7 Å². The van der Waals surface area contributed by atoms with Crippen molar-refractivity contribution in [1.29, 1.82) is 0 Å². The van der Waals surface area contributed by atoms with E-state index in [-0.39, 0.29) is 11.9 Å². The largest absolute Gasteiger partial charge is 0.271 e. The van der Waals surface area contributed by atoms with E-state index in [0.717, 1.165) is 17.9 Å². The molecule has 0 amide bonds. The fraction of sp³-hybridized carbons (Fsp3) is 0.429. The fourth-order valence-electron chi connectivity index (χ4n) is 2.12. The van der Waals surface area contributed by atoms with Crippen molar-refractivity contribution in [3.63, 3.8) is 0 Å². The number of aromatic nitrogens is 3. The van der Waals surface area contributed by atoms with Gasteiger partial charge in [0, 0.05) is 13.0 Å². The molecule has 0 saturated heterocycles. The van der Waals surface area contributed by atoms with Gasteiger partial charge in [-0.2, -0.15) is 5.10 Å². The second-order valence-corrected chi connectivity index (χ2v) is 5.23. The Morgan fingerprint density at radius 1 is 1.40 bits per heavy atom. The third-order valence-corrected chi connectivity index (χ3v) is 3.07. The fourth-order valence-corrected chi connectivity index (χ4v) is 2.12. The predicted molar refractivity (Wildman–Crippen MR) is 75.0 cm³/mol. The summed E-state index contributed by atoms with van der Waals surface area (Å²) in [5, 5.41) is 4.22. The summed E-state index contributed by atoms with van der Waals surface area (Å²) in [6.07, 6.45) is 2.10. The standard InChI is InChI=1S/C14H20FN5/c1-10(2)8-20-14(17-9-18-20)7-13(19-16)11-4-3-5-12(15)6-11/h3-6,9-10,13,19H,7-8,16H2,1-2H3. The van der Waals surface area contributed by atoms with Gasteiger partial charge < -0.3 is 0 Å². The molecular formula is C14H20FN5. The Labute approximate surface area is 118 Å². The number of benzene rings is 1.